The predicted molar refractivity (Wildman–Crippen MR) is 48.4 cm³/mol. The summed E-state index contributed by atoms with van der Waals surface area (Å²) in [6.07, 6.45) is 0. The number of aromatic carboxylic acids is 1. The quantitative estimate of drug-likeness (QED) is 0.577. The van der Waals surface area contributed by atoms with Crippen molar-refractivity contribution in [1.29, 1.82) is 0 Å². The molecule has 0 bridgehead atoms. The third kappa shape index (κ3) is 1.73. The molecule has 9 nitrogen and oxygen atoms in total. The van der Waals surface area contributed by atoms with Crippen molar-refractivity contribution in [3.63, 3.8) is 0 Å². The van der Waals surface area contributed by atoms with E-state index in [0.29, 0.717) is 12.1 Å². The van der Waals surface area contributed by atoms with Crippen molar-refractivity contribution in [1.82, 2.24) is 0 Å². The number of nitrogens with zero attached hydrogens (tertiary/aromatic N) is 2. The number of hydrogen-bond acceptors (Lipinski definition) is 6. The molecule has 1 aromatic rings. The molecule has 0 saturated carbocycles. The zero-order chi connectivity index (χ0) is 12.5. The summed E-state index contributed by atoms with van der Waals surface area (Å²) in [5.41, 5.74) is -2.92. The molecule has 9 heteroatoms. The Balaban J connectivity index is 3.60. The molecule has 0 radical (unpaired) electrons. The number of benzene rings is 1. The normalized spacial score (nSPS) is 9.75. The molecule has 0 atom stereocenters. The van der Waals surface area contributed by atoms with Crippen LogP contribution in [-0.2, 0) is 0 Å². The van der Waals surface area contributed by atoms with E-state index in [1.165, 1.54) is 0 Å². The van der Waals surface area contributed by atoms with Crippen LogP contribution in [0.15, 0.2) is 12.1 Å². The summed E-state index contributed by atoms with van der Waals surface area (Å²) >= 11 is 0. The number of hydrogen-bond donors (Lipinski definition) is 2. The minimum absolute atomic E-state index is 0.686. The number of carboxylic acid groups (broad SMARTS) is 1. The Hall–Kier alpha value is -2.71. The predicted octanol–water partition coefficient (Wildman–Crippen LogP) is 0.907. The van der Waals surface area contributed by atoms with Crippen LogP contribution < -0.4 is 0 Å². The van der Waals surface area contributed by atoms with Crippen LogP contribution in [0.4, 0.5) is 11.4 Å². The summed E-state index contributed by atoms with van der Waals surface area (Å²) in [6.45, 7) is 0. The van der Waals surface area contributed by atoms with Gasteiger partial charge in [-0.15, -0.1) is 0 Å². The van der Waals surface area contributed by atoms with Gasteiger partial charge in [0.2, 0.25) is 0 Å². The van der Waals surface area contributed by atoms with E-state index in [4.69, 9.17) is 5.11 Å². The average molecular weight is 228 g/mol. The van der Waals surface area contributed by atoms with E-state index in [1.54, 1.807) is 0 Å². The summed E-state index contributed by atoms with van der Waals surface area (Å²) < 4.78 is 0. The number of carbonyl (C=O) groups is 1. The molecule has 84 valence electrons. The molecule has 0 aromatic heterocycles. The molecule has 0 saturated heterocycles. The molecule has 1 aromatic carbocycles. The van der Waals surface area contributed by atoms with Crippen LogP contribution in [0.1, 0.15) is 10.4 Å². The number of phenols is 1. The van der Waals surface area contributed by atoms with Crippen molar-refractivity contribution < 1.29 is 24.9 Å². The average Bonchev–Trinajstić information content (AvgIpc) is 2.15. The van der Waals surface area contributed by atoms with Gasteiger partial charge in [0.25, 0.3) is 5.75 Å². The van der Waals surface area contributed by atoms with Crippen LogP contribution in [0.25, 0.3) is 0 Å². The Bertz CT molecular complexity index is 496. The molecule has 0 amide bonds. The second-order valence-electron chi connectivity index (χ2n) is 2.65. The summed E-state index contributed by atoms with van der Waals surface area (Å²) in [6, 6.07) is 1.38. The summed E-state index contributed by atoms with van der Waals surface area (Å²) in [4.78, 5) is 29.2. The van der Waals surface area contributed by atoms with Gasteiger partial charge in [0.05, 0.1) is 9.85 Å². The largest absolute Gasteiger partial charge is 0.497 e. The fourth-order valence-corrected chi connectivity index (χ4v) is 1.07. The number of rotatable bonds is 3. The minimum atomic E-state index is -1.66. The van der Waals surface area contributed by atoms with Gasteiger partial charge in [0.1, 0.15) is 5.56 Å². The Labute approximate surface area is 86.9 Å². The molecule has 0 aliphatic rings. The molecule has 0 spiro atoms. The maximum Gasteiger partial charge on any atom is 0.342 e. The first kappa shape index (κ1) is 11.4. The molecular formula is C7H4N2O7. The van der Waals surface area contributed by atoms with Crippen molar-refractivity contribution in [3.05, 3.63) is 37.9 Å². The zero-order valence-corrected chi connectivity index (χ0v) is 7.48. The zero-order valence-electron chi connectivity index (χ0n) is 7.48. The molecule has 16 heavy (non-hydrogen) atoms. The molecular weight excluding hydrogens is 224 g/mol. The first-order chi connectivity index (χ1) is 7.36. The lowest BCUT2D eigenvalue weighted by Gasteiger charge is -2.00. The maximum atomic E-state index is 10.6. The molecule has 0 heterocycles. The van der Waals surface area contributed by atoms with E-state index in [0.717, 1.165) is 0 Å². The third-order valence-electron chi connectivity index (χ3n) is 1.74. The molecule has 0 unspecified atom stereocenters. The SMILES string of the molecule is O=C(O)c1ccc([N+](=O)[O-])c(O)c1[N+](=O)[O-]. The first-order valence-electron chi connectivity index (χ1n) is 3.74. The maximum absolute atomic E-state index is 10.6. The Morgan fingerprint density at radius 3 is 2.12 bits per heavy atom. The highest BCUT2D eigenvalue weighted by Gasteiger charge is 2.31. The van der Waals surface area contributed by atoms with Crippen molar-refractivity contribution in [2.24, 2.45) is 0 Å². The van der Waals surface area contributed by atoms with Gasteiger partial charge < -0.3 is 10.2 Å². The van der Waals surface area contributed by atoms with Crippen LogP contribution in [0.5, 0.6) is 5.75 Å². The molecule has 0 fully saturated rings. The van der Waals surface area contributed by atoms with Gasteiger partial charge >= 0.3 is 17.3 Å². The number of aromatic hydroxyl groups is 1. The van der Waals surface area contributed by atoms with Crippen molar-refractivity contribution in [3.8, 4) is 5.75 Å². The fourth-order valence-electron chi connectivity index (χ4n) is 1.07. The first-order valence-corrected chi connectivity index (χ1v) is 3.74. The van der Waals surface area contributed by atoms with Gasteiger partial charge in [0.15, 0.2) is 0 Å². The summed E-state index contributed by atoms with van der Waals surface area (Å²) in [5, 5.41) is 38.6. The number of nitro benzene ring substituents is 2. The van der Waals surface area contributed by atoms with E-state index < -0.39 is 38.5 Å². The van der Waals surface area contributed by atoms with E-state index >= 15 is 0 Å². The molecule has 0 aliphatic carbocycles. The van der Waals surface area contributed by atoms with Crippen LogP contribution in [0.3, 0.4) is 0 Å². The lowest BCUT2D eigenvalue weighted by atomic mass is 10.1. The van der Waals surface area contributed by atoms with E-state index in [1.807, 2.05) is 0 Å². The number of phenolic OH excluding ortho intramolecular Hbond substituents is 1. The lowest BCUT2D eigenvalue weighted by Crippen LogP contribution is -2.04. The van der Waals surface area contributed by atoms with E-state index in [9.17, 15) is 30.1 Å². The van der Waals surface area contributed by atoms with E-state index in [2.05, 4.69) is 0 Å². The highest BCUT2D eigenvalue weighted by Crippen LogP contribution is 2.37. The molecule has 2 N–H and O–H groups in total. The van der Waals surface area contributed by atoms with Gasteiger partial charge in [-0.25, -0.2) is 4.79 Å². The van der Waals surface area contributed by atoms with Crippen LogP contribution in [0, 0.1) is 20.2 Å². The molecule has 0 aliphatic heterocycles. The fraction of sp³-hybridized carbons (Fsp3) is 0. The second kappa shape index (κ2) is 3.81. The third-order valence-corrected chi connectivity index (χ3v) is 1.74. The van der Waals surface area contributed by atoms with Crippen molar-refractivity contribution in [2.45, 2.75) is 0 Å². The van der Waals surface area contributed by atoms with Crippen LogP contribution in [0.2, 0.25) is 0 Å². The smallest absolute Gasteiger partial charge is 0.342 e. The Morgan fingerprint density at radius 1 is 1.19 bits per heavy atom. The van der Waals surface area contributed by atoms with Crippen LogP contribution in [-0.4, -0.2) is 26.0 Å². The highest BCUT2D eigenvalue weighted by molar-refractivity contribution is 5.94. The number of nitro groups is 2. The highest BCUT2D eigenvalue weighted by atomic mass is 16.6. The monoisotopic (exact) mass is 228 g/mol. The Kier molecular flexibility index (Phi) is 2.70. The standard InChI is InChI=1S/C7H4N2O7/c10-6-4(8(13)14)2-1-3(7(11)12)5(6)9(15)16/h1-2,10H,(H,11,12). The van der Waals surface area contributed by atoms with Gasteiger partial charge in [-0.3, -0.25) is 20.2 Å². The van der Waals surface area contributed by atoms with Crippen molar-refractivity contribution in [2.75, 3.05) is 0 Å². The topological polar surface area (TPSA) is 144 Å². The van der Waals surface area contributed by atoms with Crippen molar-refractivity contribution >= 4 is 17.3 Å². The summed E-state index contributed by atoms with van der Waals surface area (Å²) in [7, 11) is 0. The molecule has 1 rings (SSSR count). The lowest BCUT2D eigenvalue weighted by molar-refractivity contribution is -0.396. The van der Waals surface area contributed by atoms with Gasteiger partial charge in [-0.1, -0.05) is 0 Å². The summed E-state index contributed by atoms with van der Waals surface area (Å²) in [5.74, 6) is -2.92. The van der Waals surface area contributed by atoms with Gasteiger partial charge in [-0.05, 0) is 6.07 Å². The van der Waals surface area contributed by atoms with Gasteiger partial charge in [0, 0.05) is 6.07 Å². The second-order valence-corrected chi connectivity index (χ2v) is 2.65. The minimum Gasteiger partial charge on any atom is -0.497 e. The van der Waals surface area contributed by atoms with Gasteiger partial charge in [-0.2, -0.15) is 0 Å². The Morgan fingerprint density at radius 2 is 1.75 bits per heavy atom. The van der Waals surface area contributed by atoms with Crippen LogP contribution >= 0.6 is 0 Å². The van der Waals surface area contributed by atoms with E-state index in [-0.39, 0.29) is 0 Å². The number of carboxylic acids is 1.